The van der Waals surface area contributed by atoms with E-state index >= 15 is 0 Å². The third-order valence-corrected chi connectivity index (χ3v) is 5.26. The maximum absolute atomic E-state index is 13.0. The number of guanidine groups is 1. The normalized spacial score (nSPS) is 13.2. The molecular formula is C19H33N9O5S. The monoisotopic (exact) mass is 499 g/mol. The number of hydrogen-bond donors (Lipinski definition) is 8. The predicted molar refractivity (Wildman–Crippen MR) is 128 cm³/mol. The molecule has 0 bridgehead atoms. The number of amides is 3. The fourth-order valence-electron chi connectivity index (χ4n) is 2.89. The Kier molecular flexibility index (Phi) is 13.1. The number of nitrogens with zero attached hydrogens (tertiary/aromatic N) is 2. The van der Waals surface area contributed by atoms with Crippen LogP contribution in [-0.2, 0) is 25.6 Å². The Morgan fingerprint density at radius 3 is 2.35 bits per heavy atom. The van der Waals surface area contributed by atoms with Crippen molar-refractivity contribution in [2.45, 2.75) is 43.8 Å². The third kappa shape index (κ3) is 11.0. The minimum Gasteiger partial charge on any atom is -0.480 e. The van der Waals surface area contributed by atoms with Crippen LogP contribution in [0.1, 0.15) is 25.0 Å². The smallest absolute Gasteiger partial charge is 0.326 e. The Morgan fingerprint density at radius 1 is 1.12 bits per heavy atom. The number of carboxylic acid groups (broad SMARTS) is 1. The Morgan fingerprint density at radius 2 is 1.79 bits per heavy atom. The average molecular weight is 500 g/mol. The first-order valence-electron chi connectivity index (χ1n) is 10.5. The lowest BCUT2D eigenvalue weighted by Gasteiger charge is -2.24. The van der Waals surface area contributed by atoms with Crippen LogP contribution in [0.15, 0.2) is 17.5 Å². The lowest BCUT2D eigenvalue weighted by atomic mass is 10.1. The van der Waals surface area contributed by atoms with Gasteiger partial charge in [-0.2, -0.15) is 11.8 Å². The summed E-state index contributed by atoms with van der Waals surface area (Å²) < 4.78 is 0. The number of thioether (sulfide) groups is 1. The molecule has 3 unspecified atom stereocenters. The van der Waals surface area contributed by atoms with Crippen LogP contribution >= 0.6 is 11.8 Å². The second-order valence-electron chi connectivity index (χ2n) is 7.30. The zero-order valence-electron chi connectivity index (χ0n) is 19.0. The van der Waals surface area contributed by atoms with Gasteiger partial charge >= 0.3 is 5.97 Å². The number of imidazole rings is 1. The van der Waals surface area contributed by atoms with Crippen LogP contribution in [0.25, 0.3) is 0 Å². The molecule has 0 radical (unpaired) electrons. The van der Waals surface area contributed by atoms with Crippen molar-refractivity contribution >= 4 is 41.4 Å². The molecule has 0 saturated heterocycles. The number of nitrogens with two attached hydrogens (primary N) is 3. The van der Waals surface area contributed by atoms with Crippen molar-refractivity contribution in [1.29, 1.82) is 0 Å². The first-order valence-corrected chi connectivity index (χ1v) is 11.9. The van der Waals surface area contributed by atoms with Crippen molar-refractivity contribution in [1.82, 2.24) is 25.9 Å². The standard InChI is InChI=1S/C19H33N9O5S/c1-34-6-4-12(26-15(29)8-20)16(30)28-14(7-11-9-23-10-25-11)17(31)27-13(18(32)33)3-2-5-24-19(21)22/h9-10,12-14H,2-8,20H2,1H3,(H,23,25)(H,26,29)(H,27,31)(H,28,30)(H,32,33)(H4,21,22,24). The molecule has 0 aromatic carbocycles. The highest BCUT2D eigenvalue weighted by Crippen LogP contribution is 2.06. The van der Waals surface area contributed by atoms with E-state index in [1.54, 1.807) is 0 Å². The van der Waals surface area contributed by atoms with Gasteiger partial charge in [-0.3, -0.25) is 19.4 Å². The van der Waals surface area contributed by atoms with Crippen molar-refractivity contribution in [3.63, 3.8) is 0 Å². The number of carboxylic acids is 1. The van der Waals surface area contributed by atoms with Gasteiger partial charge in [0, 0.05) is 24.9 Å². The summed E-state index contributed by atoms with van der Waals surface area (Å²) in [7, 11) is 0. The number of nitrogens with one attached hydrogen (secondary N) is 4. The Hall–Kier alpha value is -3.33. The highest BCUT2D eigenvalue weighted by Gasteiger charge is 2.29. The van der Waals surface area contributed by atoms with Crippen LogP contribution in [0.3, 0.4) is 0 Å². The fourth-order valence-corrected chi connectivity index (χ4v) is 3.36. The highest BCUT2D eigenvalue weighted by atomic mass is 32.2. The van der Waals surface area contributed by atoms with Crippen molar-refractivity contribution in [2.24, 2.45) is 22.2 Å². The quantitative estimate of drug-likeness (QED) is 0.0662. The molecule has 3 amide bonds. The summed E-state index contributed by atoms with van der Waals surface area (Å²) >= 11 is 1.49. The molecule has 34 heavy (non-hydrogen) atoms. The van der Waals surface area contributed by atoms with E-state index in [9.17, 15) is 24.3 Å². The van der Waals surface area contributed by atoms with E-state index in [1.165, 1.54) is 24.3 Å². The van der Waals surface area contributed by atoms with E-state index in [0.29, 0.717) is 24.3 Å². The van der Waals surface area contributed by atoms with E-state index in [-0.39, 0.29) is 31.9 Å². The number of aromatic nitrogens is 2. The van der Waals surface area contributed by atoms with E-state index in [1.807, 2.05) is 6.26 Å². The predicted octanol–water partition coefficient (Wildman–Crippen LogP) is -2.74. The lowest BCUT2D eigenvalue weighted by Crippen LogP contribution is -2.57. The van der Waals surface area contributed by atoms with E-state index < -0.39 is 41.8 Å². The first-order chi connectivity index (χ1) is 16.2. The van der Waals surface area contributed by atoms with Crippen molar-refractivity contribution in [3.05, 3.63) is 18.2 Å². The van der Waals surface area contributed by atoms with Crippen LogP contribution in [0.4, 0.5) is 0 Å². The van der Waals surface area contributed by atoms with Gasteiger partial charge in [0.25, 0.3) is 0 Å². The van der Waals surface area contributed by atoms with Crippen LogP contribution in [-0.4, -0.2) is 87.9 Å². The van der Waals surface area contributed by atoms with Gasteiger partial charge in [0.15, 0.2) is 5.96 Å². The highest BCUT2D eigenvalue weighted by molar-refractivity contribution is 7.98. The summed E-state index contributed by atoms with van der Waals surface area (Å²) in [4.78, 5) is 59.8. The summed E-state index contributed by atoms with van der Waals surface area (Å²) in [5.41, 5.74) is 16.4. The van der Waals surface area contributed by atoms with Crippen LogP contribution in [0, 0.1) is 0 Å². The maximum Gasteiger partial charge on any atom is 0.326 e. The number of aliphatic carboxylic acids is 1. The van der Waals surface area contributed by atoms with Gasteiger partial charge in [-0.15, -0.1) is 0 Å². The van der Waals surface area contributed by atoms with Crippen LogP contribution in [0.5, 0.6) is 0 Å². The number of aliphatic imine (C=N–C) groups is 1. The van der Waals surface area contributed by atoms with Gasteiger partial charge in [0.2, 0.25) is 17.7 Å². The molecule has 1 aromatic heterocycles. The van der Waals surface area contributed by atoms with Gasteiger partial charge in [-0.1, -0.05) is 0 Å². The zero-order chi connectivity index (χ0) is 25.5. The molecule has 0 fully saturated rings. The summed E-state index contributed by atoms with van der Waals surface area (Å²) in [6, 6.07) is -3.25. The minimum atomic E-state index is -1.24. The number of carbonyl (C=O) groups excluding carboxylic acids is 3. The summed E-state index contributed by atoms with van der Waals surface area (Å²) in [5, 5.41) is 17.1. The number of carbonyl (C=O) groups is 4. The molecule has 14 nitrogen and oxygen atoms in total. The van der Waals surface area contributed by atoms with Gasteiger partial charge < -0.3 is 43.2 Å². The Bertz CT molecular complexity index is 830. The zero-order valence-corrected chi connectivity index (χ0v) is 19.8. The molecule has 0 aliphatic carbocycles. The van der Waals surface area contributed by atoms with Gasteiger partial charge in [-0.25, -0.2) is 9.78 Å². The molecule has 1 aromatic rings. The third-order valence-electron chi connectivity index (χ3n) is 4.62. The lowest BCUT2D eigenvalue weighted by molar-refractivity contribution is -0.142. The molecule has 15 heteroatoms. The van der Waals surface area contributed by atoms with Crippen molar-refractivity contribution in [2.75, 3.05) is 25.1 Å². The number of rotatable bonds is 16. The molecule has 3 atom stereocenters. The molecule has 190 valence electrons. The van der Waals surface area contributed by atoms with Gasteiger partial charge in [0.1, 0.15) is 18.1 Å². The van der Waals surface area contributed by atoms with Crippen molar-refractivity contribution < 1.29 is 24.3 Å². The van der Waals surface area contributed by atoms with Crippen molar-refractivity contribution in [3.8, 4) is 0 Å². The molecule has 11 N–H and O–H groups in total. The average Bonchev–Trinajstić information content (AvgIpc) is 3.30. The topological polar surface area (TPSA) is 244 Å². The van der Waals surface area contributed by atoms with Gasteiger partial charge in [0.05, 0.1) is 12.9 Å². The second kappa shape index (κ2) is 15.5. The minimum absolute atomic E-state index is 0.0258. The second-order valence-corrected chi connectivity index (χ2v) is 8.28. The van der Waals surface area contributed by atoms with E-state index in [2.05, 4.69) is 30.9 Å². The van der Waals surface area contributed by atoms with Crippen LogP contribution in [0.2, 0.25) is 0 Å². The molecule has 0 saturated carbocycles. The van der Waals surface area contributed by atoms with Gasteiger partial charge in [-0.05, 0) is 31.3 Å². The summed E-state index contributed by atoms with van der Waals surface area (Å²) in [5.74, 6) is -2.57. The molecule has 1 heterocycles. The van der Waals surface area contributed by atoms with E-state index in [4.69, 9.17) is 17.2 Å². The Labute approximate surface area is 201 Å². The number of aromatic amines is 1. The molecule has 1 rings (SSSR count). The van der Waals surface area contributed by atoms with E-state index in [0.717, 1.165) is 0 Å². The fraction of sp³-hybridized carbons (Fsp3) is 0.579. The summed E-state index contributed by atoms with van der Waals surface area (Å²) in [6.07, 6.45) is 5.49. The SMILES string of the molecule is CSCCC(NC(=O)CN)C(=O)NC(Cc1cnc[nH]1)C(=O)NC(CCCN=C(N)N)C(=O)O. The molecular weight excluding hydrogens is 466 g/mol. The number of hydrogen-bond acceptors (Lipinski definition) is 8. The molecule has 0 aliphatic rings. The largest absolute Gasteiger partial charge is 0.480 e. The number of H-pyrrole nitrogens is 1. The maximum atomic E-state index is 13.0. The first kappa shape index (κ1) is 28.7. The molecule has 0 aliphatic heterocycles. The Balaban J connectivity index is 2.95. The van der Waals surface area contributed by atoms with Crippen LogP contribution < -0.4 is 33.2 Å². The molecule has 0 spiro atoms. The summed E-state index contributed by atoms with van der Waals surface area (Å²) in [6.45, 7) is -0.0878.